The number of thiazole rings is 1. The highest BCUT2D eigenvalue weighted by Gasteiger charge is 2.25. The average Bonchev–Trinajstić information content (AvgIpc) is 3.11. The predicted octanol–water partition coefficient (Wildman–Crippen LogP) is 3.34. The van der Waals surface area contributed by atoms with Crippen LogP contribution in [0.3, 0.4) is 0 Å². The molecule has 0 bridgehead atoms. The number of thiophene rings is 1. The highest BCUT2D eigenvalue weighted by Crippen LogP contribution is 2.29. The summed E-state index contributed by atoms with van der Waals surface area (Å²) >= 11 is 6.10. The first-order valence-electron chi connectivity index (χ1n) is 6.45. The molecule has 2 amide bonds. The zero-order valence-electron chi connectivity index (χ0n) is 11.6. The molecule has 1 N–H and O–H groups in total. The number of fused-ring (bicyclic) bond motifs is 1. The summed E-state index contributed by atoms with van der Waals surface area (Å²) in [6.45, 7) is 1.05. The van der Waals surface area contributed by atoms with Gasteiger partial charge in [-0.3, -0.25) is 10.1 Å². The number of aromatic nitrogens is 1. The zero-order chi connectivity index (χ0) is 15.7. The summed E-state index contributed by atoms with van der Waals surface area (Å²) in [6.07, 6.45) is 0.328. The van der Waals surface area contributed by atoms with E-state index in [1.807, 2.05) is 6.07 Å². The monoisotopic (exact) mass is 401 g/mol. The quantitative estimate of drug-likeness (QED) is 0.837. The fraction of sp³-hybridized carbons (Fsp3) is 0.308. The minimum Gasteiger partial charge on any atom is -0.453 e. The van der Waals surface area contributed by atoms with E-state index in [4.69, 9.17) is 4.74 Å². The number of nitrogens with one attached hydrogen (secondary N) is 1. The Morgan fingerprint density at radius 1 is 1.41 bits per heavy atom. The van der Waals surface area contributed by atoms with Crippen LogP contribution in [0.2, 0.25) is 0 Å². The molecule has 0 saturated heterocycles. The number of hydrogen-bond acceptors (Lipinski definition) is 6. The molecule has 0 fully saturated rings. The Bertz CT molecular complexity index is 728. The van der Waals surface area contributed by atoms with Crippen molar-refractivity contribution in [3.05, 3.63) is 31.4 Å². The standard InChI is InChI=1S/C13H12BrN3O3S2/c1-20-13(19)17-5-4-7-9(6-17)22-12(15-7)16-11(18)8-2-3-10(14)21-8/h2-3H,4-6H2,1H3,(H,15,16,18). The molecule has 116 valence electrons. The van der Waals surface area contributed by atoms with E-state index in [-0.39, 0.29) is 12.0 Å². The first-order valence-corrected chi connectivity index (χ1v) is 8.87. The van der Waals surface area contributed by atoms with Crippen LogP contribution in [0.1, 0.15) is 20.2 Å². The van der Waals surface area contributed by atoms with Gasteiger partial charge >= 0.3 is 6.09 Å². The van der Waals surface area contributed by atoms with Gasteiger partial charge in [-0.05, 0) is 28.1 Å². The number of ether oxygens (including phenoxy) is 1. The number of hydrogen-bond donors (Lipinski definition) is 1. The van der Waals surface area contributed by atoms with E-state index in [9.17, 15) is 9.59 Å². The Kier molecular flexibility index (Phi) is 4.46. The molecule has 0 aliphatic carbocycles. The van der Waals surface area contributed by atoms with E-state index in [1.54, 1.807) is 11.0 Å². The second-order valence-electron chi connectivity index (χ2n) is 4.59. The van der Waals surface area contributed by atoms with Gasteiger partial charge in [-0.25, -0.2) is 9.78 Å². The summed E-state index contributed by atoms with van der Waals surface area (Å²) in [5.41, 5.74) is 0.938. The molecule has 2 aromatic heterocycles. The summed E-state index contributed by atoms with van der Waals surface area (Å²) in [4.78, 5) is 31.4. The van der Waals surface area contributed by atoms with Crippen LogP contribution in [0.4, 0.5) is 9.93 Å². The average molecular weight is 402 g/mol. The van der Waals surface area contributed by atoms with Crippen molar-refractivity contribution in [2.24, 2.45) is 0 Å². The highest BCUT2D eigenvalue weighted by atomic mass is 79.9. The Morgan fingerprint density at radius 2 is 2.23 bits per heavy atom. The molecule has 9 heteroatoms. The maximum Gasteiger partial charge on any atom is 0.409 e. The Hall–Kier alpha value is -1.45. The van der Waals surface area contributed by atoms with Crippen molar-refractivity contribution in [3.8, 4) is 0 Å². The molecular formula is C13H12BrN3O3S2. The van der Waals surface area contributed by atoms with E-state index >= 15 is 0 Å². The summed E-state index contributed by atoms with van der Waals surface area (Å²) < 4.78 is 5.64. The minimum absolute atomic E-state index is 0.174. The largest absolute Gasteiger partial charge is 0.453 e. The fourth-order valence-corrected chi connectivity index (χ4v) is 4.43. The van der Waals surface area contributed by atoms with Gasteiger partial charge in [-0.1, -0.05) is 11.3 Å². The maximum absolute atomic E-state index is 12.1. The number of anilines is 1. The van der Waals surface area contributed by atoms with E-state index < -0.39 is 0 Å². The van der Waals surface area contributed by atoms with Crippen LogP contribution >= 0.6 is 38.6 Å². The second-order valence-corrected chi connectivity index (χ2v) is 8.13. The number of carbonyl (C=O) groups is 2. The van der Waals surface area contributed by atoms with Gasteiger partial charge in [0.15, 0.2) is 5.13 Å². The highest BCUT2D eigenvalue weighted by molar-refractivity contribution is 9.11. The van der Waals surface area contributed by atoms with Crippen molar-refractivity contribution >= 4 is 55.7 Å². The third-order valence-electron chi connectivity index (χ3n) is 3.18. The molecule has 22 heavy (non-hydrogen) atoms. The molecule has 3 rings (SSSR count). The van der Waals surface area contributed by atoms with Crippen LogP contribution in [-0.4, -0.2) is 35.5 Å². The van der Waals surface area contributed by atoms with Gasteiger partial charge in [-0.15, -0.1) is 11.3 Å². The lowest BCUT2D eigenvalue weighted by Crippen LogP contribution is -2.35. The van der Waals surface area contributed by atoms with Crippen molar-refractivity contribution in [1.82, 2.24) is 9.88 Å². The van der Waals surface area contributed by atoms with Gasteiger partial charge in [0.05, 0.1) is 28.0 Å². The normalized spacial score (nSPS) is 13.6. The molecule has 2 aromatic rings. The number of methoxy groups -OCH3 is 1. The molecule has 6 nitrogen and oxygen atoms in total. The number of rotatable bonds is 2. The molecule has 0 spiro atoms. The molecule has 0 saturated carbocycles. The van der Waals surface area contributed by atoms with Gasteiger partial charge in [-0.2, -0.15) is 0 Å². The van der Waals surface area contributed by atoms with Gasteiger partial charge in [0.25, 0.3) is 5.91 Å². The molecule has 0 aromatic carbocycles. The lowest BCUT2D eigenvalue weighted by Gasteiger charge is -2.24. The van der Waals surface area contributed by atoms with Crippen LogP contribution in [0.5, 0.6) is 0 Å². The number of carbonyl (C=O) groups excluding carboxylic acids is 2. The van der Waals surface area contributed by atoms with Crippen molar-refractivity contribution in [1.29, 1.82) is 0 Å². The Morgan fingerprint density at radius 3 is 2.91 bits per heavy atom. The van der Waals surface area contributed by atoms with E-state index in [1.165, 1.54) is 29.8 Å². The third-order valence-corrected chi connectivity index (χ3v) is 5.80. The zero-order valence-corrected chi connectivity index (χ0v) is 14.8. The molecule has 1 aliphatic rings. The first kappa shape index (κ1) is 15.4. The SMILES string of the molecule is COC(=O)N1CCc2nc(NC(=O)c3ccc(Br)s3)sc2C1. The van der Waals surface area contributed by atoms with Crippen molar-refractivity contribution in [2.45, 2.75) is 13.0 Å². The minimum atomic E-state index is -0.340. The topological polar surface area (TPSA) is 71.5 Å². The molecule has 0 radical (unpaired) electrons. The molecule has 3 heterocycles. The van der Waals surface area contributed by atoms with Crippen LogP contribution in [0, 0.1) is 0 Å². The van der Waals surface area contributed by atoms with E-state index in [0.717, 1.165) is 14.4 Å². The van der Waals surface area contributed by atoms with Gasteiger partial charge in [0.2, 0.25) is 0 Å². The van der Waals surface area contributed by atoms with Gasteiger partial charge < -0.3 is 9.64 Å². The molecule has 0 unspecified atom stereocenters. The number of nitrogens with zero attached hydrogens (tertiary/aromatic N) is 2. The van der Waals surface area contributed by atoms with Crippen LogP contribution in [0.25, 0.3) is 0 Å². The third kappa shape index (κ3) is 3.16. The van der Waals surface area contributed by atoms with Crippen LogP contribution in [0.15, 0.2) is 15.9 Å². The first-order chi connectivity index (χ1) is 10.6. The van der Waals surface area contributed by atoms with Crippen molar-refractivity contribution in [3.63, 3.8) is 0 Å². The maximum atomic E-state index is 12.1. The fourth-order valence-electron chi connectivity index (χ4n) is 2.13. The van der Waals surface area contributed by atoms with Gasteiger partial charge in [0.1, 0.15) is 0 Å². The molecular weight excluding hydrogens is 390 g/mol. The summed E-state index contributed by atoms with van der Waals surface area (Å²) in [5.74, 6) is -0.174. The Labute approximate surface area is 143 Å². The van der Waals surface area contributed by atoms with Crippen molar-refractivity contribution < 1.29 is 14.3 Å². The molecule has 0 atom stereocenters. The van der Waals surface area contributed by atoms with Gasteiger partial charge in [0, 0.05) is 17.8 Å². The van der Waals surface area contributed by atoms with Crippen LogP contribution in [-0.2, 0) is 17.7 Å². The predicted molar refractivity (Wildman–Crippen MR) is 88.6 cm³/mol. The summed E-state index contributed by atoms with van der Waals surface area (Å²) in [5, 5.41) is 3.37. The molecule has 1 aliphatic heterocycles. The summed E-state index contributed by atoms with van der Waals surface area (Å²) in [7, 11) is 1.37. The Balaban J connectivity index is 1.71. The second kappa shape index (κ2) is 6.35. The lowest BCUT2D eigenvalue weighted by molar-refractivity contribution is 0.103. The number of amides is 2. The smallest absolute Gasteiger partial charge is 0.409 e. The summed E-state index contributed by atoms with van der Waals surface area (Å²) in [6, 6.07) is 3.59. The van der Waals surface area contributed by atoms with Crippen LogP contribution < -0.4 is 5.32 Å². The lowest BCUT2D eigenvalue weighted by atomic mass is 10.2. The van der Waals surface area contributed by atoms with E-state index in [2.05, 4.69) is 26.2 Å². The van der Waals surface area contributed by atoms with E-state index in [0.29, 0.717) is 29.5 Å². The van der Waals surface area contributed by atoms with Crippen molar-refractivity contribution in [2.75, 3.05) is 19.0 Å². The number of halogens is 1.